The molecule has 1 amide bonds. The third kappa shape index (κ3) is 3.80. The molecule has 146 valence electrons. The smallest absolute Gasteiger partial charge is 0.339 e. The maximum absolute atomic E-state index is 13.0. The van der Waals surface area contributed by atoms with Crippen LogP contribution < -0.4 is 10.9 Å². The van der Waals surface area contributed by atoms with Crippen LogP contribution in [-0.2, 0) is 20.7 Å². The summed E-state index contributed by atoms with van der Waals surface area (Å²) in [5, 5.41) is 2.57. The Hall–Kier alpha value is -3.42. The van der Waals surface area contributed by atoms with Crippen molar-refractivity contribution in [3.63, 3.8) is 0 Å². The normalized spacial score (nSPS) is 14.9. The predicted octanol–water partition coefficient (Wildman–Crippen LogP) is 1.94. The van der Waals surface area contributed by atoms with Gasteiger partial charge in [-0.05, 0) is 31.0 Å². The fourth-order valence-electron chi connectivity index (χ4n) is 3.28. The van der Waals surface area contributed by atoms with Gasteiger partial charge in [0.25, 0.3) is 11.5 Å². The highest BCUT2D eigenvalue weighted by Crippen LogP contribution is 2.28. The summed E-state index contributed by atoms with van der Waals surface area (Å²) in [6, 6.07) is 9.35. The molecule has 0 saturated carbocycles. The van der Waals surface area contributed by atoms with E-state index in [-0.39, 0.29) is 17.9 Å². The topological polar surface area (TPSA) is 104 Å². The average molecular weight is 384 g/mol. The molecule has 28 heavy (non-hydrogen) atoms. The number of carbonyl (C=O) groups is 3. The first-order chi connectivity index (χ1) is 13.4. The number of pyridine rings is 1. The first kappa shape index (κ1) is 19.3. The fourth-order valence-corrected chi connectivity index (χ4v) is 3.28. The number of fused-ring (bicyclic) bond motifs is 1. The van der Waals surface area contributed by atoms with Gasteiger partial charge >= 0.3 is 11.9 Å². The van der Waals surface area contributed by atoms with Crippen molar-refractivity contribution in [3.05, 3.63) is 63.6 Å². The van der Waals surface area contributed by atoms with E-state index in [1.54, 1.807) is 30.3 Å². The Bertz CT molecular complexity index is 980. The molecule has 1 aliphatic heterocycles. The lowest BCUT2D eigenvalue weighted by Crippen LogP contribution is -2.31. The lowest BCUT2D eigenvalue weighted by Gasteiger charge is -2.17. The summed E-state index contributed by atoms with van der Waals surface area (Å²) in [7, 11) is 1.25. The molecule has 2 aromatic rings. The molecule has 2 heterocycles. The van der Waals surface area contributed by atoms with Gasteiger partial charge < -0.3 is 19.4 Å². The van der Waals surface area contributed by atoms with Crippen LogP contribution in [0.3, 0.4) is 0 Å². The molecule has 0 bridgehead atoms. The van der Waals surface area contributed by atoms with Gasteiger partial charge in [0, 0.05) is 18.2 Å². The lowest BCUT2D eigenvalue weighted by atomic mass is 10.1. The van der Waals surface area contributed by atoms with E-state index < -0.39 is 29.4 Å². The lowest BCUT2D eigenvalue weighted by molar-refractivity contribution is -0.142. The van der Waals surface area contributed by atoms with Crippen LogP contribution in [-0.4, -0.2) is 36.1 Å². The van der Waals surface area contributed by atoms with Crippen LogP contribution in [0.5, 0.6) is 0 Å². The standard InChI is InChI=1S/C20H20N2O6/c1-12(23)28-11-14-8-9-17-15(20(26)27-2)10-16(19(25)22(14)17)21-18(24)13-6-4-3-5-7-13/h3-7,10,14H,8-9,11H2,1-2H3,(H,21,24)/t14-/m1/s1. The van der Waals surface area contributed by atoms with E-state index in [0.717, 1.165) is 0 Å². The first-order valence-electron chi connectivity index (χ1n) is 8.79. The van der Waals surface area contributed by atoms with Crippen molar-refractivity contribution in [2.75, 3.05) is 19.0 Å². The monoisotopic (exact) mass is 384 g/mol. The Morgan fingerprint density at radius 3 is 2.57 bits per heavy atom. The van der Waals surface area contributed by atoms with E-state index in [2.05, 4.69) is 5.32 Å². The van der Waals surface area contributed by atoms with Crippen LogP contribution in [0, 0.1) is 0 Å². The molecular weight excluding hydrogens is 364 g/mol. The summed E-state index contributed by atoms with van der Waals surface area (Å²) in [4.78, 5) is 48.8. The molecular formula is C20H20N2O6. The van der Waals surface area contributed by atoms with Crippen molar-refractivity contribution in [2.45, 2.75) is 25.8 Å². The second-order valence-corrected chi connectivity index (χ2v) is 6.40. The molecule has 1 aliphatic rings. The third-order valence-corrected chi connectivity index (χ3v) is 4.59. The zero-order valence-electron chi connectivity index (χ0n) is 15.6. The van der Waals surface area contributed by atoms with Crippen LogP contribution in [0.15, 0.2) is 41.2 Å². The average Bonchev–Trinajstić information content (AvgIpc) is 3.12. The van der Waals surface area contributed by atoms with Crippen molar-refractivity contribution in [1.82, 2.24) is 4.57 Å². The number of nitrogens with one attached hydrogen (secondary N) is 1. The molecule has 8 nitrogen and oxygen atoms in total. The van der Waals surface area contributed by atoms with Crippen LogP contribution >= 0.6 is 0 Å². The van der Waals surface area contributed by atoms with E-state index in [4.69, 9.17) is 9.47 Å². The highest BCUT2D eigenvalue weighted by atomic mass is 16.5. The number of ether oxygens (including phenoxy) is 2. The second-order valence-electron chi connectivity index (χ2n) is 6.40. The van der Waals surface area contributed by atoms with E-state index in [1.807, 2.05) is 0 Å². The summed E-state index contributed by atoms with van der Waals surface area (Å²) in [6.07, 6.45) is 0.987. The largest absolute Gasteiger partial charge is 0.465 e. The Morgan fingerprint density at radius 2 is 1.93 bits per heavy atom. The molecule has 0 saturated heterocycles. The number of benzene rings is 1. The molecule has 3 rings (SSSR count). The summed E-state index contributed by atoms with van der Waals surface area (Å²) >= 11 is 0. The Morgan fingerprint density at radius 1 is 1.21 bits per heavy atom. The number of esters is 2. The van der Waals surface area contributed by atoms with Gasteiger partial charge in [0.15, 0.2) is 0 Å². The van der Waals surface area contributed by atoms with Crippen molar-refractivity contribution in [3.8, 4) is 0 Å². The van der Waals surface area contributed by atoms with E-state index in [9.17, 15) is 19.2 Å². The molecule has 0 fully saturated rings. The molecule has 0 spiro atoms. The van der Waals surface area contributed by atoms with E-state index >= 15 is 0 Å². The quantitative estimate of drug-likeness (QED) is 0.790. The number of methoxy groups -OCH3 is 1. The number of nitrogens with zero attached hydrogens (tertiary/aromatic N) is 1. The molecule has 1 aromatic carbocycles. The van der Waals surface area contributed by atoms with Crippen LogP contribution in [0.25, 0.3) is 0 Å². The van der Waals surface area contributed by atoms with Gasteiger partial charge in [-0.25, -0.2) is 4.79 Å². The Balaban J connectivity index is 2.02. The van der Waals surface area contributed by atoms with Gasteiger partial charge in [0.05, 0.1) is 18.7 Å². The molecule has 1 N–H and O–H groups in total. The fraction of sp³-hybridized carbons (Fsp3) is 0.300. The Kier molecular flexibility index (Phi) is 5.58. The van der Waals surface area contributed by atoms with Crippen LogP contribution in [0.4, 0.5) is 5.69 Å². The number of carbonyl (C=O) groups excluding carboxylic acids is 3. The number of rotatable bonds is 5. The van der Waals surface area contributed by atoms with E-state index in [1.165, 1.54) is 24.7 Å². The van der Waals surface area contributed by atoms with Gasteiger partial charge in [-0.3, -0.25) is 14.4 Å². The SMILES string of the molecule is COC(=O)c1cc(NC(=O)c2ccccc2)c(=O)n2c1CC[C@@H]2COC(C)=O. The van der Waals surface area contributed by atoms with Crippen molar-refractivity contribution < 1.29 is 23.9 Å². The van der Waals surface area contributed by atoms with Gasteiger partial charge in [-0.1, -0.05) is 18.2 Å². The molecule has 1 aromatic heterocycles. The Labute approximate surface area is 161 Å². The van der Waals surface area contributed by atoms with Gasteiger partial charge in [-0.15, -0.1) is 0 Å². The third-order valence-electron chi connectivity index (χ3n) is 4.59. The van der Waals surface area contributed by atoms with Crippen molar-refractivity contribution in [1.29, 1.82) is 0 Å². The minimum Gasteiger partial charge on any atom is -0.465 e. The molecule has 0 unspecified atom stereocenters. The zero-order valence-corrected chi connectivity index (χ0v) is 15.6. The van der Waals surface area contributed by atoms with E-state index in [0.29, 0.717) is 24.1 Å². The van der Waals surface area contributed by atoms with Crippen molar-refractivity contribution >= 4 is 23.5 Å². The summed E-state index contributed by atoms with van der Waals surface area (Å²) in [5.74, 6) is -1.53. The molecule has 1 atom stereocenters. The number of hydrogen-bond acceptors (Lipinski definition) is 6. The van der Waals surface area contributed by atoms with Gasteiger partial charge in [0.2, 0.25) is 0 Å². The molecule has 0 aliphatic carbocycles. The van der Waals surface area contributed by atoms with Gasteiger partial charge in [0.1, 0.15) is 12.3 Å². The molecule has 8 heteroatoms. The number of aromatic nitrogens is 1. The first-order valence-corrected chi connectivity index (χ1v) is 8.79. The number of amides is 1. The predicted molar refractivity (Wildman–Crippen MR) is 100 cm³/mol. The zero-order chi connectivity index (χ0) is 20.3. The molecule has 0 radical (unpaired) electrons. The maximum Gasteiger partial charge on any atom is 0.339 e. The number of anilines is 1. The van der Waals surface area contributed by atoms with Crippen molar-refractivity contribution in [2.24, 2.45) is 0 Å². The summed E-state index contributed by atoms with van der Waals surface area (Å²) in [5.41, 5.74) is 0.597. The summed E-state index contributed by atoms with van der Waals surface area (Å²) in [6.45, 7) is 1.30. The highest BCUT2D eigenvalue weighted by molar-refractivity contribution is 6.04. The second kappa shape index (κ2) is 8.08. The highest BCUT2D eigenvalue weighted by Gasteiger charge is 2.31. The number of hydrogen-bond donors (Lipinski definition) is 1. The summed E-state index contributed by atoms with van der Waals surface area (Å²) < 4.78 is 11.3. The maximum atomic E-state index is 13.0. The van der Waals surface area contributed by atoms with Crippen LogP contribution in [0.1, 0.15) is 45.8 Å². The minimum absolute atomic E-state index is 0.0128. The minimum atomic E-state index is -0.605. The van der Waals surface area contributed by atoms with Crippen LogP contribution in [0.2, 0.25) is 0 Å². The van der Waals surface area contributed by atoms with Gasteiger partial charge in [-0.2, -0.15) is 0 Å².